The first-order valence-electron chi connectivity index (χ1n) is 6.74. The van der Waals surface area contributed by atoms with E-state index >= 15 is 0 Å². The molecule has 1 heterocycles. The zero-order chi connectivity index (χ0) is 16.2. The van der Waals surface area contributed by atoms with Gasteiger partial charge in [0.15, 0.2) is 0 Å². The Morgan fingerprint density at radius 1 is 1.23 bits per heavy atom. The van der Waals surface area contributed by atoms with Gasteiger partial charge in [0.25, 0.3) is 0 Å². The van der Waals surface area contributed by atoms with Gasteiger partial charge in [0.05, 0.1) is 7.11 Å². The lowest BCUT2D eigenvalue weighted by Gasteiger charge is -2.19. The SMILES string of the molecule is COc1ccc(N)cc1S(=O)(=O)N(C)CCc1ccncc1. The minimum Gasteiger partial charge on any atom is -0.495 e. The van der Waals surface area contributed by atoms with Crippen LogP contribution in [0.5, 0.6) is 5.75 Å². The molecule has 0 bridgehead atoms. The molecule has 0 amide bonds. The predicted octanol–water partition coefficient (Wildman–Crippen LogP) is 1.54. The predicted molar refractivity (Wildman–Crippen MR) is 85.2 cm³/mol. The largest absolute Gasteiger partial charge is 0.495 e. The highest BCUT2D eigenvalue weighted by Gasteiger charge is 2.24. The van der Waals surface area contributed by atoms with Gasteiger partial charge in [-0.25, -0.2) is 12.7 Å². The Bertz CT molecular complexity index is 733. The molecule has 0 aliphatic heterocycles. The zero-order valence-corrected chi connectivity index (χ0v) is 13.4. The number of anilines is 1. The van der Waals surface area contributed by atoms with Crippen LogP contribution < -0.4 is 10.5 Å². The highest BCUT2D eigenvalue weighted by molar-refractivity contribution is 7.89. The first-order valence-corrected chi connectivity index (χ1v) is 8.18. The standard InChI is InChI=1S/C15H19N3O3S/c1-18(10-7-12-5-8-17-9-6-12)22(19,20)15-11-13(16)3-4-14(15)21-2/h3-6,8-9,11H,7,10,16H2,1-2H3. The van der Waals surface area contributed by atoms with Gasteiger partial charge in [0, 0.05) is 31.7 Å². The van der Waals surface area contributed by atoms with Crippen LogP contribution in [0.15, 0.2) is 47.6 Å². The summed E-state index contributed by atoms with van der Waals surface area (Å²) in [5, 5.41) is 0. The van der Waals surface area contributed by atoms with Crippen molar-refractivity contribution in [3.05, 3.63) is 48.3 Å². The van der Waals surface area contributed by atoms with Crippen molar-refractivity contribution in [2.24, 2.45) is 0 Å². The zero-order valence-electron chi connectivity index (χ0n) is 12.6. The second kappa shape index (κ2) is 6.76. The van der Waals surface area contributed by atoms with E-state index in [9.17, 15) is 8.42 Å². The van der Waals surface area contributed by atoms with Crippen LogP contribution in [0.3, 0.4) is 0 Å². The monoisotopic (exact) mass is 321 g/mol. The molecule has 0 spiro atoms. The molecule has 0 radical (unpaired) electrons. The fraction of sp³-hybridized carbons (Fsp3) is 0.267. The second-order valence-corrected chi connectivity index (χ2v) is 6.86. The normalized spacial score (nSPS) is 11.6. The van der Waals surface area contributed by atoms with Crippen LogP contribution in [0.1, 0.15) is 5.56 Å². The summed E-state index contributed by atoms with van der Waals surface area (Å²) in [7, 11) is -0.689. The number of rotatable bonds is 6. The Morgan fingerprint density at radius 2 is 1.91 bits per heavy atom. The highest BCUT2D eigenvalue weighted by atomic mass is 32.2. The van der Waals surface area contributed by atoms with E-state index in [2.05, 4.69) is 4.98 Å². The Hall–Kier alpha value is -2.12. The number of likely N-dealkylation sites (N-methyl/N-ethyl adjacent to an activating group) is 1. The van der Waals surface area contributed by atoms with E-state index in [0.717, 1.165) is 5.56 Å². The summed E-state index contributed by atoms with van der Waals surface area (Å²) in [5.74, 6) is 0.282. The molecule has 1 aromatic carbocycles. The van der Waals surface area contributed by atoms with E-state index in [4.69, 9.17) is 10.5 Å². The topological polar surface area (TPSA) is 85.5 Å². The van der Waals surface area contributed by atoms with Gasteiger partial charge in [-0.1, -0.05) is 0 Å². The van der Waals surface area contributed by atoms with E-state index < -0.39 is 10.0 Å². The number of ether oxygens (including phenoxy) is 1. The van der Waals surface area contributed by atoms with Crippen LogP contribution in [0.25, 0.3) is 0 Å². The number of nitrogens with two attached hydrogens (primary N) is 1. The lowest BCUT2D eigenvalue weighted by Crippen LogP contribution is -2.29. The molecule has 7 heteroatoms. The van der Waals surface area contributed by atoms with Crippen molar-refractivity contribution in [2.75, 3.05) is 26.4 Å². The number of methoxy groups -OCH3 is 1. The van der Waals surface area contributed by atoms with Gasteiger partial charge < -0.3 is 10.5 Å². The van der Waals surface area contributed by atoms with Crippen LogP contribution >= 0.6 is 0 Å². The number of sulfonamides is 1. The summed E-state index contributed by atoms with van der Waals surface area (Å²) in [6.45, 7) is 0.351. The summed E-state index contributed by atoms with van der Waals surface area (Å²) in [6, 6.07) is 8.30. The average molecular weight is 321 g/mol. The fourth-order valence-electron chi connectivity index (χ4n) is 2.02. The first-order chi connectivity index (χ1) is 10.4. The Balaban J connectivity index is 2.21. The number of hydrogen-bond donors (Lipinski definition) is 1. The van der Waals surface area contributed by atoms with Crippen molar-refractivity contribution in [1.82, 2.24) is 9.29 Å². The van der Waals surface area contributed by atoms with Crippen LogP contribution in [0, 0.1) is 0 Å². The lowest BCUT2D eigenvalue weighted by atomic mass is 10.2. The maximum atomic E-state index is 12.7. The van der Waals surface area contributed by atoms with E-state index in [1.807, 2.05) is 12.1 Å². The molecule has 0 aliphatic carbocycles. The molecule has 0 atom stereocenters. The molecular weight excluding hydrogens is 302 g/mol. The number of nitrogens with zero attached hydrogens (tertiary/aromatic N) is 2. The molecule has 1 aromatic heterocycles. The van der Waals surface area contributed by atoms with Crippen molar-refractivity contribution in [2.45, 2.75) is 11.3 Å². The van der Waals surface area contributed by atoms with Crippen molar-refractivity contribution >= 4 is 15.7 Å². The molecule has 0 aliphatic rings. The van der Waals surface area contributed by atoms with Gasteiger partial charge in [0.2, 0.25) is 10.0 Å². The van der Waals surface area contributed by atoms with Crippen LogP contribution in [0.2, 0.25) is 0 Å². The summed E-state index contributed by atoms with van der Waals surface area (Å²) >= 11 is 0. The van der Waals surface area contributed by atoms with Crippen LogP contribution in [0.4, 0.5) is 5.69 Å². The van der Waals surface area contributed by atoms with E-state index in [-0.39, 0.29) is 10.6 Å². The van der Waals surface area contributed by atoms with E-state index in [1.54, 1.807) is 31.6 Å². The molecular formula is C15H19N3O3S. The quantitative estimate of drug-likeness (QED) is 0.816. The van der Waals surface area contributed by atoms with E-state index in [1.165, 1.54) is 17.5 Å². The van der Waals surface area contributed by atoms with Gasteiger partial charge in [-0.2, -0.15) is 0 Å². The molecule has 2 aromatic rings. The smallest absolute Gasteiger partial charge is 0.246 e. The summed E-state index contributed by atoms with van der Waals surface area (Å²) in [6.07, 6.45) is 3.97. The third kappa shape index (κ3) is 3.55. The number of benzene rings is 1. The highest BCUT2D eigenvalue weighted by Crippen LogP contribution is 2.28. The maximum absolute atomic E-state index is 12.7. The van der Waals surface area contributed by atoms with Crippen molar-refractivity contribution in [1.29, 1.82) is 0 Å². The Labute approximate surface area is 130 Å². The van der Waals surface area contributed by atoms with Gasteiger partial charge in [-0.3, -0.25) is 4.98 Å². The van der Waals surface area contributed by atoms with Crippen molar-refractivity contribution in [3.8, 4) is 5.75 Å². The molecule has 0 fully saturated rings. The lowest BCUT2D eigenvalue weighted by molar-refractivity contribution is 0.398. The molecule has 22 heavy (non-hydrogen) atoms. The van der Waals surface area contributed by atoms with Crippen molar-refractivity contribution < 1.29 is 13.2 Å². The van der Waals surface area contributed by atoms with Gasteiger partial charge in [-0.05, 0) is 42.3 Å². The van der Waals surface area contributed by atoms with Crippen LogP contribution in [-0.2, 0) is 16.4 Å². The second-order valence-electron chi connectivity index (χ2n) is 4.84. The molecule has 118 valence electrons. The maximum Gasteiger partial charge on any atom is 0.246 e. The Kier molecular flexibility index (Phi) is 4.99. The summed E-state index contributed by atoms with van der Waals surface area (Å²) < 4.78 is 31.8. The third-order valence-corrected chi connectivity index (χ3v) is 5.22. The van der Waals surface area contributed by atoms with Gasteiger partial charge in [-0.15, -0.1) is 0 Å². The average Bonchev–Trinajstić information content (AvgIpc) is 2.53. The fourth-order valence-corrected chi connectivity index (χ4v) is 3.38. The number of aromatic nitrogens is 1. The summed E-state index contributed by atoms with van der Waals surface area (Å²) in [4.78, 5) is 4.02. The Morgan fingerprint density at radius 3 is 2.55 bits per heavy atom. The summed E-state index contributed by atoms with van der Waals surface area (Å²) in [5.41, 5.74) is 7.10. The molecule has 0 saturated carbocycles. The van der Waals surface area contributed by atoms with Crippen molar-refractivity contribution in [3.63, 3.8) is 0 Å². The number of pyridine rings is 1. The minimum atomic E-state index is -3.66. The molecule has 0 unspecified atom stereocenters. The minimum absolute atomic E-state index is 0.0761. The van der Waals surface area contributed by atoms with Crippen LogP contribution in [-0.4, -0.2) is 38.4 Å². The molecule has 0 saturated heterocycles. The van der Waals surface area contributed by atoms with Gasteiger partial charge in [0.1, 0.15) is 10.6 Å². The van der Waals surface area contributed by atoms with E-state index in [0.29, 0.717) is 18.7 Å². The number of hydrogen-bond acceptors (Lipinski definition) is 5. The molecule has 2 rings (SSSR count). The molecule has 6 nitrogen and oxygen atoms in total. The third-order valence-electron chi connectivity index (χ3n) is 3.34. The van der Waals surface area contributed by atoms with Gasteiger partial charge >= 0.3 is 0 Å². The molecule has 2 N–H and O–H groups in total. The first kappa shape index (κ1) is 16.3. The number of nitrogen functional groups attached to an aromatic ring is 1.